The predicted molar refractivity (Wildman–Crippen MR) is 122 cm³/mol. The fraction of sp³-hybridized carbons (Fsp3) is 0.333. The third kappa shape index (κ3) is 4.82. The molecule has 0 radical (unpaired) electrons. The van der Waals surface area contributed by atoms with Crippen molar-refractivity contribution in [2.75, 3.05) is 18.9 Å². The molecule has 0 spiro atoms. The Hall–Kier alpha value is -3.48. The molecule has 2 aromatic carbocycles. The number of carbonyl (C=O) groups is 2. The second-order valence-corrected chi connectivity index (χ2v) is 8.23. The summed E-state index contributed by atoms with van der Waals surface area (Å²) in [5.74, 6) is -0.524. The number of aryl methyl sites for hydroxylation is 1. The maximum absolute atomic E-state index is 13.2. The largest absolute Gasteiger partial charge is 0.331 e. The van der Waals surface area contributed by atoms with Gasteiger partial charge in [0.25, 0.3) is 11.5 Å². The highest BCUT2D eigenvalue weighted by molar-refractivity contribution is 6.06. The van der Waals surface area contributed by atoms with E-state index in [4.69, 9.17) is 0 Å². The van der Waals surface area contributed by atoms with Gasteiger partial charge in [0.05, 0.1) is 11.9 Å². The fourth-order valence-electron chi connectivity index (χ4n) is 3.41. The van der Waals surface area contributed by atoms with Crippen molar-refractivity contribution in [3.05, 3.63) is 69.6 Å². The zero-order valence-corrected chi connectivity index (χ0v) is 18.6. The Morgan fingerprint density at radius 1 is 1.06 bits per heavy atom. The Kier molecular flexibility index (Phi) is 6.53. The molecular formula is C24H28N4O3. The number of anilines is 1. The van der Waals surface area contributed by atoms with E-state index in [-0.39, 0.29) is 29.6 Å². The molecule has 31 heavy (non-hydrogen) atoms. The van der Waals surface area contributed by atoms with E-state index < -0.39 is 5.91 Å². The van der Waals surface area contributed by atoms with Crippen LogP contribution in [0.2, 0.25) is 0 Å². The van der Waals surface area contributed by atoms with Crippen LogP contribution in [0.3, 0.4) is 0 Å². The van der Waals surface area contributed by atoms with Gasteiger partial charge in [0, 0.05) is 24.7 Å². The first-order chi connectivity index (χ1) is 14.7. The summed E-state index contributed by atoms with van der Waals surface area (Å²) in [5, 5.41) is 8.15. The van der Waals surface area contributed by atoms with Gasteiger partial charge in [-0.2, -0.15) is 5.10 Å². The molecule has 3 rings (SSSR count). The van der Waals surface area contributed by atoms with Crippen molar-refractivity contribution >= 4 is 28.3 Å². The zero-order chi connectivity index (χ0) is 22.7. The van der Waals surface area contributed by atoms with Crippen LogP contribution < -0.4 is 10.9 Å². The minimum Gasteiger partial charge on any atom is -0.331 e. The fourth-order valence-corrected chi connectivity index (χ4v) is 3.41. The molecular weight excluding hydrogens is 392 g/mol. The van der Waals surface area contributed by atoms with Crippen molar-refractivity contribution in [3.8, 4) is 0 Å². The van der Waals surface area contributed by atoms with Crippen molar-refractivity contribution in [2.24, 2.45) is 5.92 Å². The van der Waals surface area contributed by atoms with Crippen LogP contribution in [0.25, 0.3) is 10.8 Å². The topological polar surface area (TPSA) is 84.3 Å². The van der Waals surface area contributed by atoms with Gasteiger partial charge in [-0.1, -0.05) is 44.2 Å². The maximum atomic E-state index is 13.2. The Balaban J connectivity index is 1.87. The second-order valence-electron chi connectivity index (χ2n) is 8.23. The maximum Gasteiger partial charge on any atom is 0.275 e. The number of likely N-dealkylation sites (N-methyl/N-ethyl adjacent to an activating group) is 1. The van der Waals surface area contributed by atoms with Crippen LogP contribution in [0.1, 0.15) is 35.5 Å². The number of fused-ring (bicyclic) bond motifs is 1. The minimum atomic E-state index is -0.412. The van der Waals surface area contributed by atoms with E-state index in [1.807, 2.05) is 45.9 Å². The SMILES string of the molecule is Cc1cccc(NC(=O)CN(C)C(=O)c2nn(CC(C)C)c(=O)c3ccccc23)c1C. The van der Waals surface area contributed by atoms with E-state index in [1.165, 1.54) is 9.58 Å². The highest BCUT2D eigenvalue weighted by Gasteiger charge is 2.22. The normalized spacial score (nSPS) is 11.0. The highest BCUT2D eigenvalue weighted by Crippen LogP contribution is 2.18. The molecule has 0 atom stereocenters. The summed E-state index contributed by atoms with van der Waals surface area (Å²) in [5.41, 5.74) is 2.72. The van der Waals surface area contributed by atoms with Crippen LogP contribution in [0.15, 0.2) is 47.3 Å². The molecule has 0 aliphatic carbocycles. The number of nitrogens with zero attached hydrogens (tertiary/aromatic N) is 3. The van der Waals surface area contributed by atoms with Gasteiger partial charge in [0.2, 0.25) is 5.91 Å². The molecule has 1 aromatic heterocycles. The monoisotopic (exact) mass is 420 g/mol. The van der Waals surface area contributed by atoms with Crippen LogP contribution in [0.5, 0.6) is 0 Å². The summed E-state index contributed by atoms with van der Waals surface area (Å²) in [4.78, 5) is 39.8. The number of benzene rings is 2. The smallest absolute Gasteiger partial charge is 0.275 e. The zero-order valence-electron chi connectivity index (χ0n) is 18.6. The molecule has 0 unspecified atom stereocenters. The first-order valence-corrected chi connectivity index (χ1v) is 10.3. The lowest BCUT2D eigenvalue weighted by Crippen LogP contribution is -2.37. The van der Waals surface area contributed by atoms with Gasteiger partial charge in [0.15, 0.2) is 5.69 Å². The molecule has 0 fully saturated rings. The van der Waals surface area contributed by atoms with E-state index in [1.54, 1.807) is 31.3 Å². The standard InChI is InChI=1S/C24H28N4O3/c1-15(2)13-28-23(30)19-11-7-6-10-18(19)22(26-28)24(31)27(5)14-21(29)25-20-12-8-9-16(3)17(20)4/h6-12,15H,13-14H2,1-5H3,(H,25,29). The summed E-state index contributed by atoms with van der Waals surface area (Å²) in [6.45, 7) is 8.15. The van der Waals surface area contributed by atoms with Crippen LogP contribution in [0, 0.1) is 19.8 Å². The van der Waals surface area contributed by atoms with E-state index in [0.717, 1.165) is 16.8 Å². The van der Waals surface area contributed by atoms with Gasteiger partial charge < -0.3 is 10.2 Å². The Bertz CT molecular complexity index is 1200. The Labute approximate surface area is 181 Å². The van der Waals surface area contributed by atoms with E-state index in [2.05, 4.69) is 10.4 Å². The van der Waals surface area contributed by atoms with E-state index in [0.29, 0.717) is 17.3 Å². The quantitative estimate of drug-likeness (QED) is 0.663. The number of aromatic nitrogens is 2. The van der Waals surface area contributed by atoms with Crippen LogP contribution in [-0.4, -0.2) is 40.1 Å². The molecule has 7 heteroatoms. The third-order valence-electron chi connectivity index (χ3n) is 5.21. The van der Waals surface area contributed by atoms with E-state index >= 15 is 0 Å². The highest BCUT2D eigenvalue weighted by atomic mass is 16.2. The lowest BCUT2D eigenvalue weighted by Gasteiger charge is -2.19. The molecule has 2 amide bonds. The predicted octanol–water partition coefficient (Wildman–Crippen LogP) is 3.38. The van der Waals surface area contributed by atoms with Gasteiger partial charge in [-0.3, -0.25) is 14.4 Å². The summed E-state index contributed by atoms with van der Waals surface area (Å²) in [6, 6.07) is 12.6. The molecule has 0 aliphatic heterocycles. The molecule has 1 N–H and O–H groups in total. The second kappa shape index (κ2) is 9.12. The van der Waals surface area contributed by atoms with Gasteiger partial charge in [0.1, 0.15) is 0 Å². The third-order valence-corrected chi connectivity index (χ3v) is 5.21. The van der Waals surface area contributed by atoms with Crippen molar-refractivity contribution in [2.45, 2.75) is 34.2 Å². The van der Waals surface area contributed by atoms with Crippen LogP contribution in [0.4, 0.5) is 5.69 Å². The number of hydrogen-bond acceptors (Lipinski definition) is 4. The molecule has 0 saturated heterocycles. The van der Waals surface area contributed by atoms with Crippen molar-refractivity contribution < 1.29 is 9.59 Å². The number of rotatable bonds is 6. The van der Waals surface area contributed by atoms with Crippen LogP contribution in [-0.2, 0) is 11.3 Å². The van der Waals surface area contributed by atoms with Gasteiger partial charge in [-0.15, -0.1) is 0 Å². The minimum absolute atomic E-state index is 0.133. The average molecular weight is 421 g/mol. The lowest BCUT2D eigenvalue weighted by atomic mass is 10.1. The summed E-state index contributed by atoms with van der Waals surface area (Å²) >= 11 is 0. The molecule has 162 valence electrons. The van der Waals surface area contributed by atoms with Crippen molar-refractivity contribution in [1.29, 1.82) is 0 Å². The number of carbonyl (C=O) groups excluding carboxylic acids is 2. The molecule has 3 aromatic rings. The summed E-state index contributed by atoms with van der Waals surface area (Å²) < 4.78 is 1.34. The Morgan fingerprint density at radius 2 is 1.74 bits per heavy atom. The summed E-state index contributed by atoms with van der Waals surface area (Å²) in [7, 11) is 1.55. The van der Waals surface area contributed by atoms with E-state index in [9.17, 15) is 14.4 Å². The summed E-state index contributed by atoms with van der Waals surface area (Å²) in [6.07, 6.45) is 0. The Morgan fingerprint density at radius 3 is 2.42 bits per heavy atom. The first kappa shape index (κ1) is 22.2. The molecule has 0 bridgehead atoms. The van der Waals surface area contributed by atoms with Crippen molar-refractivity contribution in [3.63, 3.8) is 0 Å². The van der Waals surface area contributed by atoms with Crippen LogP contribution >= 0.6 is 0 Å². The number of hydrogen-bond donors (Lipinski definition) is 1. The van der Waals surface area contributed by atoms with Gasteiger partial charge in [-0.25, -0.2) is 4.68 Å². The number of nitrogens with one attached hydrogen (secondary N) is 1. The lowest BCUT2D eigenvalue weighted by molar-refractivity contribution is -0.116. The number of amides is 2. The van der Waals surface area contributed by atoms with Crippen molar-refractivity contribution in [1.82, 2.24) is 14.7 Å². The molecule has 0 saturated carbocycles. The van der Waals surface area contributed by atoms with Gasteiger partial charge >= 0.3 is 0 Å². The molecule has 7 nitrogen and oxygen atoms in total. The molecule has 0 aliphatic rings. The first-order valence-electron chi connectivity index (χ1n) is 10.3. The van der Waals surface area contributed by atoms with Gasteiger partial charge in [-0.05, 0) is 43.0 Å². The molecule has 1 heterocycles. The average Bonchev–Trinajstić information content (AvgIpc) is 2.72.